The van der Waals surface area contributed by atoms with Gasteiger partial charge in [0.1, 0.15) is 5.82 Å². The Morgan fingerprint density at radius 1 is 1.36 bits per heavy atom. The van der Waals surface area contributed by atoms with Gasteiger partial charge >= 0.3 is 0 Å². The zero-order chi connectivity index (χ0) is 16.1. The number of hydrogen-bond acceptors (Lipinski definition) is 5. The van der Waals surface area contributed by atoms with Gasteiger partial charge in [0.05, 0.1) is 6.04 Å². The van der Waals surface area contributed by atoms with Crippen LogP contribution >= 0.6 is 0 Å². The molecule has 0 radical (unpaired) electrons. The largest absolute Gasteiger partial charge is 0.382 e. The Kier molecular flexibility index (Phi) is 5.00. The van der Waals surface area contributed by atoms with Crippen LogP contribution in [0.1, 0.15) is 22.1 Å². The van der Waals surface area contributed by atoms with Crippen LogP contribution in [0.2, 0.25) is 0 Å². The van der Waals surface area contributed by atoms with Gasteiger partial charge in [0.25, 0.3) is 5.91 Å². The van der Waals surface area contributed by atoms with E-state index in [4.69, 9.17) is 5.73 Å². The number of benzene rings is 1. The van der Waals surface area contributed by atoms with Crippen LogP contribution in [0.15, 0.2) is 36.7 Å². The molecule has 0 unspecified atom stereocenters. The van der Waals surface area contributed by atoms with E-state index in [1.165, 1.54) is 24.5 Å². The van der Waals surface area contributed by atoms with Crippen LogP contribution in [0.3, 0.4) is 0 Å². The van der Waals surface area contributed by atoms with E-state index in [9.17, 15) is 9.18 Å². The number of halogens is 1. The lowest BCUT2D eigenvalue weighted by atomic mass is 10.1. The molecular formula is C15H18FN5O. The van der Waals surface area contributed by atoms with Crippen molar-refractivity contribution >= 4 is 11.7 Å². The fourth-order valence-electron chi connectivity index (χ4n) is 2.11. The predicted octanol–water partition coefficient (Wildman–Crippen LogP) is 1.23. The first kappa shape index (κ1) is 15.8. The summed E-state index contributed by atoms with van der Waals surface area (Å²) < 4.78 is 13.4. The number of anilines is 1. The Bertz CT molecular complexity index is 662. The highest BCUT2D eigenvalue weighted by molar-refractivity contribution is 5.96. The number of nitrogens with one attached hydrogen (secondary N) is 1. The SMILES string of the molecule is CN(C)[C@H](CNC(=O)c1nccnc1N)c1cccc(F)c1. The number of hydrogen-bond donors (Lipinski definition) is 2. The highest BCUT2D eigenvalue weighted by Gasteiger charge is 2.18. The number of aromatic nitrogens is 2. The standard InChI is InChI=1S/C15H18FN5O/c1-21(2)12(10-4-3-5-11(16)8-10)9-20-15(22)13-14(17)19-7-6-18-13/h3-8,12H,9H2,1-2H3,(H2,17,19)(H,20,22)/t12-/m1/s1. The molecule has 22 heavy (non-hydrogen) atoms. The van der Waals surface area contributed by atoms with Gasteiger partial charge in [-0.25, -0.2) is 14.4 Å². The van der Waals surface area contributed by atoms with E-state index in [2.05, 4.69) is 15.3 Å². The number of nitrogens with zero attached hydrogens (tertiary/aromatic N) is 3. The maximum atomic E-state index is 13.4. The van der Waals surface area contributed by atoms with Crippen LogP contribution in [-0.4, -0.2) is 41.4 Å². The predicted molar refractivity (Wildman–Crippen MR) is 81.6 cm³/mol. The molecule has 1 heterocycles. The number of likely N-dealkylation sites (N-methyl/N-ethyl adjacent to an activating group) is 1. The van der Waals surface area contributed by atoms with Gasteiger partial charge in [0.15, 0.2) is 11.5 Å². The van der Waals surface area contributed by atoms with Crippen LogP contribution < -0.4 is 11.1 Å². The molecule has 0 aliphatic heterocycles. The minimum Gasteiger partial charge on any atom is -0.382 e. The molecule has 116 valence electrons. The fourth-order valence-corrected chi connectivity index (χ4v) is 2.11. The number of carbonyl (C=O) groups is 1. The summed E-state index contributed by atoms with van der Waals surface area (Å²) >= 11 is 0. The maximum Gasteiger partial charge on any atom is 0.273 e. The zero-order valence-corrected chi connectivity index (χ0v) is 12.5. The molecule has 0 bridgehead atoms. The highest BCUT2D eigenvalue weighted by Crippen LogP contribution is 2.18. The third kappa shape index (κ3) is 3.76. The van der Waals surface area contributed by atoms with Crippen molar-refractivity contribution in [3.8, 4) is 0 Å². The van der Waals surface area contributed by atoms with Gasteiger partial charge in [0, 0.05) is 18.9 Å². The molecule has 1 atom stereocenters. The molecule has 1 amide bonds. The molecule has 0 saturated carbocycles. The summed E-state index contributed by atoms with van der Waals surface area (Å²) in [6.45, 7) is 0.297. The summed E-state index contributed by atoms with van der Waals surface area (Å²) in [6, 6.07) is 6.13. The van der Waals surface area contributed by atoms with Crippen molar-refractivity contribution in [3.63, 3.8) is 0 Å². The van der Waals surface area contributed by atoms with Crippen LogP contribution in [0.4, 0.5) is 10.2 Å². The number of rotatable bonds is 5. The molecule has 6 nitrogen and oxygen atoms in total. The molecule has 3 N–H and O–H groups in total. The van der Waals surface area contributed by atoms with Crippen molar-refractivity contribution in [2.45, 2.75) is 6.04 Å². The third-order valence-electron chi connectivity index (χ3n) is 3.25. The van der Waals surface area contributed by atoms with Gasteiger partial charge < -0.3 is 16.0 Å². The van der Waals surface area contributed by atoms with Crippen LogP contribution in [-0.2, 0) is 0 Å². The summed E-state index contributed by atoms with van der Waals surface area (Å²) in [5.41, 5.74) is 6.48. The van der Waals surface area contributed by atoms with Crippen molar-refractivity contribution in [1.29, 1.82) is 0 Å². The smallest absolute Gasteiger partial charge is 0.273 e. The number of nitrogens with two attached hydrogens (primary N) is 1. The quantitative estimate of drug-likeness (QED) is 0.868. The minimum atomic E-state index is -0.408. The molecular weight excluding hydrogens is 285 g/mol. The lowest BCUT2D eigenvalue weighted by Gasteiger charge is -2.25. The highest BCUT2D eigenvalue weighted by atomic mass is 19.1. The molecule has 0 spiro atoms. The first-order chi connectivity index (χ1) is 10.5. The first-order valence-corrected chi connectivity index (χ1v) is 6.75. The normalized spacial score (nSPS) is 12.2. The minimum absolute atomic E-state index is 0.0761. The van der Waals surface area contributed by atoms with E-state index in [0.29, 0.717) is 6.54 Å². The average Bonchev–Trinajstić information content (AvgIpc) is 2.47. The number of nitrogen functional groups attached to an aromatic ring is 1. The van der Waals surface area contributed by atoms with Crippen molar-refractivity contribution in [3.05, 3.63) is 53.7 Å². The van der Waals surface area contributed by atoms with E-state index in [1.807, 2.05) is 25.1 Å². The van der Waals surface area contributed by atoms with Gasteiger partial charge in [0.2, 0.25) is 0 Å². The molecule has 0 aliphatic rings. The average molecular weight is 303 g/mol. The van der Waals surface area contributed by atoms with E-state index >= 15 is 0 Å². The number of amides is 1. The van der Waals surface area contributed by atoms with Crippen molar-refractivity contribution in [2.75, 3.05) is 26.4 Å². The second kappa shape index (κ2) is 6.95. The Balaban J connectivity index is 2.10. The Hall–Kier alpha value is -2.54. The monoisotopic (exact) mass is 303 g/mol. The maximum absolute atomic E-state index is 13.4. The van der Waals surface area contributed by atoms with Crippen LogP contribution in [0.5, 0.6) is 0 Å². The Labute approximate surface area is 128 Å². The zero-order valence-electron chi connectivity index (χ0n) is 12.5. The second-order valence-corrected chi connectivity index (χ2v) is 5.03. The van der Waals surface area contributed by atoms with E-state index in [0.717, 1.165) is 5.56 Å². The lowest BCUT2D eigenvalue weighted by Crippen LogP contribution is -2.35. The molecule has 0 saturated heterocycles. The van der Waals surface area contributed by atoms with Crippen LogP contribution in [0.25, 0.3) is 0 Å². The molecule has 2 rings (SSSR count). The molecule has 0 aliphatic carbocycles. The summed E-state index contributed by atoms with van der Waals surface area (Å²) in [5, 5.41) is 2.75. The molecule has 0 fully saturated rings. The molecule has 1 aromatic carbocycles. The molecule has 7 heteroatoms. The third-order valence-corrected chi connectivity index (χ3v) is 3.25. The summed E-state index contributed by atoms with van der Waals surface area (Å²) in [6.07, 6.45) is 2.82. The first-order valence-electron chi connectivity index (χ1n) is 6.75. The summed E-state index contributed by atoms with van der Waals surface area (Å²) in [5.74, 6) is -0.644. The van der Waals surface area contributed by atoms with Crippen molar-refractivity contribution < 1.29 is 9.18 Å². The van der Waals surface area contributed by atoms with E-state index in [1.54, 1.807) is 6.07 Å². The molecule has 1 aromatic heterocycles. The van der Waals surface area contributed by atoms with Gasteiger partial charge in [-0.3, -0.25) is 4.79 Å². The van der Waals surface area contributed by atoms with Gasteiger partial charge in [-0.2, -0.15) is 0 Å². The van der Waals surface area contributed by atoms with Crippen molar-refractivity contribution in [2.24, 2.45) is 0 Å². The Morgan fingerprint density at radius 3 is 2.73 bits per heavy atom. The Morgan fingerprint density at radius 2 is 2.09 bits per heavy atom. The van der Waals surface area contributed by atoms with E-state index < -0.39 is 5.91 Å². The summed E-state index contributed by atoms with van der Waals surface area (Å²) in [7, 11) is 3.72. The van der Waals surface area contributed by atoms with Gasteiger partial charge in [-0.15, -0.1) is 0 Å². The number of carbonyl (C=O) groups excluding carboxylic acids is 1. The lowest BCUT2D eigenvalue weighted by molar-refractivity contribution is 0.0937. The second-order valence-electron chi connectivity index (χ2n) is 5.03. The van der Waals surface area contributed by atoms with Crippen LogP contribution in [0, 0.1) is 5.82 Å². The molecule has 2 aromatic rings. The fraction of sp³-hybridized carbons (Fsp3) is 0.267. The topological polar surface area (TPSA) is 84.1 Å². The van der Waals surface area contributed by atoms with Crippen molar-refractivity contribution in [1.82, 2.24) is 20.2 Å². The van der Waals surface area contributed by atoms with E-state index in [-0.39, 0.29) is 23.4 Å². The van der Waals surface area contributed by atoms with Gasteiger partial charge in [-0.1, -0.05) is 12.1 Å². The van der Waals surface area contributed by atoms with Gasteiger partial charge in [-0.05, 0) is 31.8 Å². The summed E-state index contributed by atoms with van der Waals surface area (Å²) in [4.78, 5) is 21.7.